The Hall–Kier alpha value is -2.03. The summed E-state index contributed by atoms with van der Waals surface area (Å²) in [4.78, 5) is 18.8. The maximum absolute atomic E-state index is 10.4. The van der Waals surface area contributed by atoms with Crippen molar-refractivity contribution < 1.29 is 4.79 Å². The lowest BCUT2D eigenvalue weighted by Gasteiger charge is -2.02. The normalized spacial score (nSPS) is 10.0. The molecule has 2 rings (SSSR count). The monoisotopic (exact) mass is 212 g/mol. The zero-order chi connectivity index (χ0) is 11.2. The van der Waals surface area contributed by atoms with Crippen LogP contribution in [0.25, 0.3) is 0 Å². The Morgan fingerprint density at radius 3 is 2.56 bits per heavy atom. The number of aldehydes is 1. The molecule has 0 fully saturated rings. The van der Waals surface area contributed by atoms with Crippen molar-refractivity contribution >= 4 is 6.29 Å². The summed E-state index contributed by atoms with van der Waals surface area (Å²) < 4.78 is 0. The molecule has 1 heterocycles. The van der Waals surface area contributed by atoms with Gasteiger partial charge in [0.25, 0.3) is 0 Å². The van der Waals surface area contributed by atoms with Crippen molar-refractivity contribution in [1.29, 1.82) is 0 Å². The summed E-state index contributed by atoms with van der Waals surface area (Å²) in [6, 6.07) is 9.74. The Morgan fingerprint density at radius 2 is 1.81 bits per heavy atom. The molecule has 3 nitrogen and oxygen atoms in total. The Kier molecular flexibility index (Phi) is 3.38. The molecule has 0 atom stereocenters. The van der Waals surface area contributed by atoms with Crippen LogP contribution in [0.15, 0.2) is 42.7 Å². The molecule has 0 N–H and O–H groups in total. The van der Waals surface area contributed by atoms with E-state index in [-0.39, 0.29) is 0 Å². The fourth-order valence-electron chi connectivity index (χ4n) is 1.57. The molecule has 0 aliphatic carbocycles. The van der Waals surface area contributed by atoms with Crippen molar-refractivity contribution in [2.45, 2.75) is 12.8 Å². The van der Waals surface area contributed by atoms with E-state index in [1.807, 2.05) is 24.3 Å². The molecule has 0 aliphatic rings. The second-order valence-corrected chi connectivity index (χ2v) is 3.53. The van der Waals surface area contributed by atoms with E-state index in [4.69, 9.17) is 0 Å². The number of hydrogen-bond donors (Lipinski definition) is 0. The van der Waals surface area contributed by atoms with E-state index >= 15 is 0 Å². The molecule has 3 heteroatoms. The standard InChI is InChI=1S/C13H12N2O/c16-8-5-11-3-1-4-12(9-11)10-13-14-6-2-7-15-13/h1-4,6-9H,5,10H2. The Morgan fingerprint density at radius 1 is 1.06 bits per heavy atom. The lowest BCUT2D eigenvalue weighted by Crippen LogP contribution is -1.96. The highest BCUT2D eigenvalue weighted by Gasteiger charge is 1.99. The minimum absolute atomic E-state index is 0.462. The molecule has 0 aliphatic heterocycles. The molecule has 80 valence electrons. The predicted molar refractivity (Wildman–Crippen MR) is 61.0 cm³/mol. The summed E-state index contributed by atoms with van der Waals surface area (Å²) in [5.41, 5.74) is 2.16. The third kappa shape index (κ3) is 2.73. The van der Waals surface area contributed by atoms with Gasteiger partial charge in [-0.15, -0.1) is 0 Å². The number of carbonyl (C=O) groups excluding carboxylic acids is 1. The summed E-state index contributed by atoms with van der Waals surface area (Å²) >= 11 is 0. The summed E-state index contributed by atoms with van der Waals surface area (Å²) in [5, 5.41) is 0. The van der Waals surface area contributed by atoms with Crippen LogP contribution in [0, 0.1) is 0 Å². The first kappa shape index (κ1) is 10.5. The quantitative estimate of drug-likeness (QED) is 0.726. The molecule has 1 aromatic heterocycles. The van der Waals surface area contributed by atoms with Crippen LogP contribution in [0.1, 0.15) is 17.0 Å². The first-order valence-electron chi connectivity index (χ1n) is 5.16. The number of hydrogen-bond acceptors (Lipinski definition) is 3. The number of aromatic nitrogens is 2. The first-order chi connectivity index (χ1) is 7.88. The van der Waals surface area contributed by atoms with Gasteiger partial charge < -0.3 is 4.79 Å². The fraction of sp³-hybridized carbons (Fsp3) is 0.154. The summed E-state index contributed by atoms with van der Waals surface area (Å²) in [5.74, 6) is 0.797. The lowest BCUT2D eigenvalue weighted by molar-refractivity contribution is -0.107. The fourth-order valence-corrected chi connectivity index (χ4v) is 1.57. The SMILES string of the molecule is O=CCc1cccc(Cc2ncccn2)c1. The van der Waals surface area contributed by atoms with Gasteiger partial charge in [-0.1, -0.05) is 24.3 Å². The molecule has 0 unspecified atom stereocenters. The van der Waals surface area contributed by atoms with Crippen molar-refractivity contribution in [2.24, 2.45) is 0 Å². The lowest BCUT2D eigenvalue weighted by atomic mass is 10.1. The van der Waals surface area contributed by atoms with Gasteiger partial charge in [0.05, 0.1) is 0 Å². The van der Waals surface area contributed by atoms with Crippen molar-refractivity contribution in [3.8, 4) is 0 Å². The molecule has 0 bridgehead atoms. The van der Waals surface area contributed by atoms with Crippen LogP contribution in [0.5, 0.6) is 0 Å². The molecule has 2 aromatic rings. The van der Waals surface area contributed by atoms with Gasteiger partial charge in [0.2, 0.25) is 0 Å². The van der Waals surface area contributed by atoms with Gasteiger partial charge >= 0.3 is 0 Å². The van der Waals surface area contributed by atoms with Gasteiger partial charge in [0, 0.05) is 25.2 Å². The van der Waals surface area contributed by atoms with E-state index in [2.05, 4.69) is 9.97 Å². The van der Waals surface area contributed by atoms with Gasteiger partial charge in [0.1, 0.15) is 12.1 Å². The van der Waals surface area contributed by atoms with Gasteiger partial charge in [-0.2, -0.15) is 0 Å². The molecular weight excluding hydrogens is 200 g/mol. The van der Waals surface area contributed by atoms with Crippen LogP contribution >= 0.6 is 0 Å². The van der Waals surface area contributed by atoms with E-state index < -0.39 is 0 Å². The average Bonchev–Trinajstić information content (AvgIpc) is 2.31. The molecule has 16 heavy (non-hydrogen) atoms. The number of rotatable bonds is 4. The maximum Gasteiger partial charge on any atom is 0.132 e. The number of nitrogens with zero attached hydrogens (tertiary/aromatic N) is 2. The highest BCUT2D eigenvalue weighted by molar-refractivity contribution is 5.55. The van der Waals surface area contributed by atoms with Gasteiger partial charge in [-0.05, 0) is 17.2 Å². The summed E-state index contributed by atoms with van der Waals surface area (Å²) in [7, 11) is 0. The van der Waals surface area contributed by atoms with E-state index in [1.54, 1.807) is 18.5 Å². The Balaban J connectivity index is 2.15. The zero-order valence-electron chi connectivity index (χ0n) is 8.84. The third-order valence-corrected chi connectivity index (χ3v) is 2.29. The van der Waals surface area contributed by atoms with Gasteiger partial charge in [0.15, 0.2) is 0 Å². The molecular formula is C13H12N2O. The van der Waals surface area contributed by atoms with Crippen LogP contribution in [-0.4, -0.2) is 16.3 Å². The Labute approximate surface area is 94.2 Å². The zero-order valence-corrected chi connectivity index (χ0v) is 8.84. The average molecular weight is 212 g/mol. The molecule has 0 spiro atoms. The second kappa shape index (κ2) is 5.16. The number of carbonyl (C=O) groups is 1. The molecule has 0 amide bonds. The predicted octanol–water partition coefficient (Wildman–Crippen LogP) is 1.81. The van der Waals surface area contributed by atoms with Crippen molar-refractivity contribution in [3.05, 3.63) is 59.7 Å². The third-order valence-electron chi connectivity index (χ3n) is 2.29. The highest BCUT2D eigenvalue weighted by atomic mass is 16.1. The van der Waals surface area contributed by atoms with Crippen LogP contribution in [-0.2, 0) is 17.6 Å². The largest absolute Gasteiger partial charge is 0.303 e. The summed E-state index contributed by atoms with van der Waals surface area (Å²) in [6.45, 7) is 0. The smallest absolute Gasteiger partial charge is 0.132 e. The van der Waals surface area contributed by atoms with Crippen LogP contribution in [0.3, 0.4) is 0 Å². The van der Waals surface area contributed by atoms with Crippen molar-refractivity contribution in [2.75, 3.05) is 0 Å². The van der Waals surface area contributed by atoms with E-state index in [0.717, 1.165) is 23.2 Å². The molecule has 0 saturated carbocycles. The maximum atomic E-state index is 10.4. The second-order valence-electron chi connectivity index (χ2n) is 3.53. The van der Waals surface area contributed by atoms with Gasteiger partial charge in [-0.3, -0.25) is 0 Å². The van der Waals surface area contributed by atoms with Crippen molar-refractivity contribution in [1.82, 2.24) is 9.97 Å². The van der Waals surface area contributed by atoms with Crippen LogP contribution < -0.4 is 0 Å². The van der Waals surface area contributed by atoms with Crippen molar-refractivity contribution in [3.63, 3.8) is 0 Å². The van der Waals surface area contributed by atoms with Gasteiger partial charge in [-0.25, -0.2) is 9.97 Å². The van der Waals surface area contributed by atoms with Crippen LogP contribution in [0.4, 0.5) is 0 Å². The Bertz CT molecular complexity index is 468. The highest BCUT2D eigenvalue weighted by Crippen LogP contribution is 2.08. The van der Waals surface area contributed by atoms with E-state index in [0.29, 0.717) is 12.8 Å². The minimum atomic E-state index is 0.462. The van der Waals surface area contributed by atoms with E-state index in [9.17, 15) is 4.79 Å². The number of benzene rings is 1. The minimum Gasteiger partial charge on any atom is -0.303 e. The summed E-state index contributed by atoms with van der Waals surface area (Å²) in [6.07, 6.45) is 5.55. The van der Waals surface area contributed by atoms with E-state index in [1.165, 1.54) is 0 Å². The first-order valence-corrected chi connectivity index (χ1v) is 5.16. The molecule has 1 aromatic carbocycles. The topological polar surface area (TPSA) is 42.9 Å². The van der Waals surface area contributed by atoms with Crippen LogP contribution in [0.2, 0.25) is 0 Å². The molecule has 0 radical (unpaired) electrons. The molecule has 0 saturated heterocycles.